The van der Waals surface area contributed by atoms with Crippen LogP contribution in [0.4, 0.5) is 8.78 Å². The summed E-state index contributed by atoms with van der Waals surface area (Å²) in [5.74, 6) is 3.75. The van der Waals surface area contributed by atoms with Crippen LogP contribution in [0.2, 0.25) is 0 Å². The van der Waals surface area contributed by atoms with Gasteiger partial charge in [0.15, 0.2) is 11.6 Å². The van der Waals surface area contributed by atoms with Crippen LogP contribution in [0, 0.1) is 18.6 Å². The summed E-state index contributed by atoms with van der Waals surface area (Å²) in [6, 6.07) is 11.5. The second-order valence-corrected chi connectivity index (χ2v) is 4.55. The topological polar surface area (TPSA) is 38.0 Å². The van der Waals surface area contributed by atoms with Crippen molar-refractivity contribution in [3.05, 3.63) is 70.8 Å². The molecule has 0 bridgehead atoms. The lowest BCUT2D eigenvalue weighted by molar-refractivity contribution is 0.464. The second kappa shape index (κ2) is 5.91. The number of aryl methyl sites for hydroxylation is 1. The van der Waals surface area contributed by atoms with Gasteiger partial charge in [-0.2, -0.15) is 0 Å². The summed E-state index contributed by atoms with van der Waals surface area (Å²) in [7, 11) is 0. The minimum Gasteiger partial charge on any atom is -0.271 e. The van der Waals surface area contributed by atoms with Crippen molar-refractivity contribution in [2.45, 2.75) is 19.4 Å². The Morgan fingerprint density at radius 2 is 1.79 bits per heavy atom. The maximum absolute atomic E-state index is 13.7. The van der Waals surface area contributed by atoms with Gasteiger partial charge < -0.3 is 0 Å². The van der Waals surface area contributed by atoms with E-state index in [-0.39, 0.29) is 5.56 Å². The molecule has 0 aliphatic heterocycles. The van der Waals surface area contributed by atoms with Crippen LogP contribution in [0.3, 0.4) is 0 Å². The summed E-state index contributed by atoms with van der Waals surface area (Å²) in [5, 5.41) is 0. The largest absolute Gasteiger partial charge is 0.271 e. The van der Waals surface area contributed by atoms with Gasteiger partial charge in [-0.25, -0.2) is 8.78 Å². The second-order valence-electron chi connectivity index (χ2n) is 4.55. The average molecular weight is 262 g/mol. The zero-order valence-corrected chi connectivity index (χ0v) is 10.7. The number of hydrogen-bond acceptors (Lipinski definition) is 2. The summed E-state index contributed by atoms with van der Waals surface area (Å²) in [4.78, 5) is 0. The van der Waals surface area contributed by atoms with Gasteiger partial charge in [-0.05, 0) is 25.0 Å². The summed E-state index contributed by atoms with van der Waals surface area (Å²) in [6.07, 6.45) is 0.497. The Hall–Kier alpha value is -1.78. The minimum absolute atomic E-state index is 0.239. The number of hydrazine groups is 1. The molecule has 0 aromatic heterocycles. The van der Waals surface area contributed by atoms with Crippen molar-refractivity contribution >= 4 is 0 Å². The van der Waals surface area contributed by atoms with E-state index in [1.165, 1.54) is 12.1 Å². The normalized spacial score (nSPS) is 12.4. The average Bonchev–Trinajstić information content (AvgIpc) is 2.42. The van der Waals surface area contributed by atoms with E-state index in [4.69, 9.17) is 5.84 Å². The fourth-order valence-electron chi connectivity index (χ4n) is 2.01. The van der Waals surface area contributed by atoms with Gasteiger partial charge in [0.1, 0.15) is 0 Å². The molecule has 2 aromatic carbocycles. The third-order valence-corrected chi connectivity index (χ3v) is 3.12. The zero-order valence-electron chi connectivity index (χ0n) is 10.7. The zero-order chi connectivity index (χ0) is 13.8. The van der Waals surface area contributed by atoms with Gasteiger partial charge in [-0.15, -0.1) is 0 Å². The lowest BCUT2D eigenvalue weighted by Crippen LogP contribution is -2.30. The molecule has 0 saturated carbocycles. The summed E-state index contributed by atoms with van der Waals surface area (Å²) in [5.41, 5.74) is 4.94. The molecule has 1 atom stereocenters. The minimum atomic E-state index is -0.860. The van der Waals surface area contributed by atoms with Crippen LogP contribution in [0.1, 0.15) is 22.7 Å². The molecule has 0 aliphatic carbocycles. The number of rotatable bonds is 4. The van der Waals surface area contributed by atoms with Crippen molar-refractivity contribution in [2.24, 2.45) is 5.84 Å². The molecule has 0 fully saturated rings. The molecule has 0 heterocycles. The molecule has 2 rings (SSSR count). The van der Waals surface area contributed by atoms with Crippen LogP contribution >= 0.6 is 0 Å². The van der Waals surface area contributed by atoms with E-state index >= 15 is 0 Å². The molecule has 4 heteroatoms. The third-order valence-electron chi connectivity index (χ3n) is 3.12. The molecule has 2 nitrogen and oxygen atoms in total. The van der Waals surface area contributed by atoms with E-state index in [0.717, 1.165) is 17.2 Å². The van der Waals surface area contributed by atoms with E-state index in [1.807, 2.05) is 31.2 Å². The first-order chi connectivity index (χ1) is 9.11. The van der Waals surface area contributed by atoms with Crippen molar-refractivity contribution in [3.8, 4) is 0 Å². The lowest BCUT2D eigenvalue weighted by atomic mass is 9.98. The molecule has 19 heavy (non-hydrogen) atoms. The maximum atomic E-state index is 13.7. The fraction of sp³-hybridized carbons (Fsp3) is 0.200. The van der Waals surface area contributed by atoms with Crippen molar-refractivity contribution in [1.82, 2.24) is 5.43 Å². The fourth-order valence-corrected chi connectivity index (χ4v) is 2.01. The van der Waals surface area contributed by atoms with Gasteiger partial charge >= 0.3 is 0 Å². The summed E-state index contributed by atoms with van der Waals surface area (Å²) >= 11 is 0. The van der Waals surface area contributed by atoms with Crippen LogP contribution in [0.15, 0.2) is 42.5 Å². The molecule has 0 radical (unpaired) electrons. The quantitative estimate of drug-likeness (QED) is 0.656. The number of nitrogens with one attached hydrogen (secondary N) is 1. The van der Waals surface area contributed by atoms with Crippen LogP contribution < -0.4 is 11.3 Å². The van der Waals surface area contributed by atoms with Crippen molar-refractivity contribution in [1.29, 1.82) is 0 Å². The highest BCUT2D eigenvalue weighted by Crippen LogP contribution is 2.22. The number of nitrogens with two attached hydrogens (primary N) is 1. The standard InChI is InChI=1S/C15H16F2N2/c1-10-5-7-11(8-6-10)9-14(19-18)12-3-2-4-13(16)15(12)17/h2-8,14,19H,9,18H2,1H3. The van der Waals surface area contributed by atoms with Crippen molar-refractivity contribution in [2.75, 3.05) is 0 Å². The Kier molecular flexibility index (Phi) is 4.24. The monoisotopic (exact) mass is 262 g/mol. The molecular weight excluding hydrogens is 246 g/mol. The van der Waals surface area contributed by atoms with Crippen LogP contribution in [0.5, 0.6) is 0 Å². The van der Waals surface area contributed by atoms with Gasteiger partial charge in [-0.3, -0.25) is 11.3 Å². The molecule has 0 spiro atoms. The predicted octanol–water partition coefficient (Wildman–Crippen LogP) is 3.02. The van der Waals surface area contributed by atoms with Crippen LogP contribution in [-0.2, 0) is 6.42 Å². The summed E-state index contributed by atoms with van der Waals surface area (Å²) in [6.45, 7) is 1.99. The molecule has 0 amide bonds. The summed E-state index contributed by atoms with van der Waals surface area (Å²) < 4.78 is 27.0. The van der Waals surface area contributed by atoms with E-state index in [0.29, 0.717) is 6.42 Å². The van der Waals surface area contributed by atoms with E-state index < -0.39 is 17.7 Å². The first-order valence-corrected chi connectivity index (χ1v) is 6.07. The maximum Gasteiger partial charge on any atom is 0.163 e. The highest BCUT2D eigenvalue weighted by atomic mass is 19.2. The molecule has 0 aliphatic rings. The molecular formula is C15H16F2N2. The van der Waals surface area contributed by atoms with Gasteiger partial charge in [0.05, 0.1) is 6.04 Å². The number of benzene rings is 2. The SMILES string of the molecule is Cc1ccc(CC(NN)c2cccc(F)c2F)cc1. The lowest BCUT2D eigenvalue weighted by Gasteiger charge is -2.17. The van der Waals surface area contributed by atoms with Gasteiger partial charge in [0, 0.05) is 5.56 Å². The van der Waals surface area contributed by atoms with Crippen molar-refractivity contribution < 1.29 is 8.78 Å². The van der Waals surface area contributed by atoms with Gasteiger partial charge in [-0.1, -0.05) is 42.0 Å². The number of halogens is 2. The smallest absolute Gasteiger partial charge is 0.163 e. The highest BCUT2D eigenvalue weighted by Gasteiger charge is 2.17. The van der Waals surface area contributed by atoms with Crippen LogP contribution in [0.25, 0.3) is 0 Å². The van der Waals surface area contributed by atoms with E-state index in [9.17, 15) is 8.78 Å². The number of hydrogen-bond donors (Lipinski definition) is 2. The highest BCUT2D eigenvalue weighted by molar-refractivity contribution is 5.27. The Balaban J connectivity index is 2.25. The van der Waals surface area contributed by atoms with E-state index in [2.05, 4.69) is 5.43 Å². The van der Waals surface area contributed by atoms with E-state index in [1.54, 1.807) is 0 Å². The molecule has 2 aromatic rings. The third kappa shape index (κ3) is 3.16. The van der Waals surface area contributed by atoms with Crippen LogP contribution in [-0.4, -0.2) is 0 Å². The Morgan fingerprint density at radius 1 is 1.11 bits per heavy atom. The molecule has 0 saturated heterocycles. The Morgan fingerprint density at radius 3 is 2.42 bits per heavy atom. The molecule has 1 unspecified atom stereocenters. The van der Waals surface area contributed by atoms with Gasteiger partial charge in [0.25, 0.3) is 0 Å². The first-order valence-electron chi connectivity index (χ1n) is 6.07. The molecule has 100 valence electrons. The Bertz CT molecular complexity index is 553. The first kappa shape index (κ1) is 13.6. The Labute approximate surface area is 111 Å². The molecule has 3 N–H and O–H groups in total. The predicted molar refractivity (Wildman–Crippen MR) is 71.3 cm³/mol. The van der Waals surface area contributed by atoms with Crippen molar-refractivity contribution in [3.63, 3.8) is 0 Å². The van der Waals surface area contributed by atoms with Gasteiger partial charge in [0.2, 0.25) is 0 Å².